The number of nitrogens with one attached hydrogen (secondary N) is 1. The van der Waals surface area contributed by atoms with Crippen LogP contribution in [0.5, 0.6) is 0 Å². The molecule has 1 saturated heterocycles. The number of aromatic nitrogens is 2. The molecule has 1 aliphatic rings. The first kappa shape index (κ1) is 20.6. The summed E-state index contributed by atoms with van der Waals surface area (Å²) in [6, 6.07) is 17.2. The summed E-state index contributed by atoms with van der Waals surface area (Å²) in [4.78, 5) is 17.6. The number of benzene rings is 2. The van der Waals surface area contributed by atoms with E-state index in [2.05, 4.69) is 15.1 Å². The first-order valence-corrected chi connectivity index (χ1v) is 10.5. The quantitative estimate of drug-likeness (QED) is 0.628. The largest absolute Gasteiger partial charge is 0.379 e. The molecule has 0 radical (unpaired) electrons. The molecule has 3 aromatic rings. The maximum atomic E-state index is 13.4. The van der Waals surface area contributed by atoms with Crippen LogP contribution in [0.3, 0.4) is 0 Å². The number of morpholine rings is 1. The van der Waals surface area contributed by atoms with Gasteiger partial charge in [0.05, 0.1) is 35.7 Å². The van der Waals surface area contributed by atoms with Crippen molar-refractivity contribution in [2.45, 2.75) is 6.54 Å². The van der Waals surface area contributed by atoms with E-state index in [0.717, 1.165) is 49.7 Å². The number of amides is 1. The van der Waals surface area contributed by atoms with Gasteiger partial charge in [0, 0.05) is 38.3 Å². The molecule has 0 atom stereocenters. The van der Waals surface area contributed by atoms with Gasteiger partial charge in [-0.25, -0.2) is 0 Å². The second-order valence-electron chi connectivity index (χ2n) is 7.30. The number of H-pyrrole nitrogens is 1. The number of carbonyl (C=O) groups is 1. The van der Waals surface area contributed by atoms with Crippen molar-refractivity contribution in [2.24, 2.45) is 0 Å². The fourth-order valence-corrected chi connectivity index (χ4v) is 3.85. The topological polar surface area (TPSA) is 61.5 Å². The molecule has 0 bridgehead atoms. The number of ether oxygens (including phenoxy) is 1. The number of hydrogen-bond donors (Lipinski definition) is 1. The monoisotopic (exact) mass is 424 g/mol. The van der Waals surface area contributed by atoms with Crippen molar-refractivity contribution in [1.29, 1.82) is 0 Å². The van der Waals surface area contributed by atoms with Crippen LogP contribution in [0.4, 0.5) is 0 Å². The van der Waals surface area contributed by atoms with Gasteiger partial charge in [-0.05, 0) is 17.7 Å². The van der Waals surface area contributed by atoms with Gasteiger partial charge in [-0.15, -0.1) is 0 Å². The van der Waals surface area contributed by atoms with Gasteiger partial charge < -0.3 is 9.64 Å². The average Bonchev–Trinajstić information content (AvgIpc) is 3.26. The number of rotatable bonds is 7. The zero-order chi connectivity index (χ0) is 20.8. The van der Waals surface area contributed by atoms with Crippen LogP contribution in [0.2, 0.25) is 5.02 Å². The van der Waals surface area contributed by atoms with Gasteiger partial charge >= 0.3 is 0 Å². The summed E-state index contributed by atoms with van der Waals surface area (Å²) >= 11 is 6.33. The second kappa shape index (κ2) is 9.89. The van der Waals surface area contributed by atoms with Crippen LogP contribution in [-0.2, 0) is 11.3 Å². The van der Waals surface area contributed by atoms with E-state index in [4.69, 9.17) is 16.3 Å². The Hall–Kier alpha value is -2.67. The predicted molar refractivity (Wildman–Crippen MR) is 117 cm³/mol. The van der Waals surface area contributed by atoms with Gasteiger partial charge in [0.1, 0.15) is 0 Å². The van der Waals surface area contributed by atoms with Crippen molar-refractivity contribution in [1.82, 2.24) is 20.0 Å². The summed E-state index contributed by atoms with van der Waals surface area (Å²) in [5, 5.41) is 7.78. The van der Waals surface area contributed by atoms with Crippen LogP contribution in [0.15, 0.2) is 60.8 Å². The Morgan fingerprint density at radius 1 is 1.10 bits per heavy atom. The zero-order valence-electron chi connectivity index (χ0n) is 16.8. The van der Waals surface area contributed by atoms with E-state index in [0.29, 0.717) is 23.7 Å². The summed E-state index contributed by atoms with van der Waals surface area (Å²) in [5.41, 5.74) is 3.47. The van der Waals surface area contributed by atoms with Crippen molar-refractivity contribution in [3.05, 3.63) is 76.9 Å². The minimum Gasteiger partial charge on any atom is -0.379 e. The Morgan fingerprint density at radius 3 is 2.60 bits per heavy atom. The molecule has 0 unspecified atom stereocenters. The summed E-state index contributed by atoms with van der Waals surface area (Å²) in [7, 11) is 0. The molecule has 7 heteroatoms. The SMILES string of the molecule is O=C(c1ccccc1Cl)N(CCN1CCOCC1)Cc1cn[nH]c1-c1ccccc1. The average molecular weight is 425 g/mol. The van der Waals surface area contributed by atoms with E-state index in [1.165, 1.54) is 0 Å². The number of halogens is 1. The van der Waals surface area contributed by atoms with Gasteiger partial charge in [-0.2, -0.15) is 5.10 Å². The third kappa shape index (κ3) is 4.90. The highest BCUT2D eigenvalue weighted by atomic mass is 35.5. The van der Waals surface area contributed by atoms with Gasteiger partial charge in [0.2, 0.25) is 0 Å². The fourth-order valence-electron chi connectivity index (χ4n) is 3.64. The van der Waals surface area contributed by atoms with Crippen LogP contribution in [-0.4, -0.2) is 65.3 Å². The number of aromatic amines is 1. The van der Waals surface area contributed by atoms with Gasteiger partial charge in [0.25, 0.3) is 5.91 Å². The van der Waals surface area contributed by atoms with E-state index in [9.17, 15) is 4.79 Å². The molecular weight excluding hydrogens is 400 g/mol. The van der Waals surface area contributed by atoms with Gasteiger partial charge in [-0.3, -0.25) is 14.8 Å². The molecule has 1 aromatic heterocycles. The van der Waals surface area contributed by atoms with Gasteiger partial charge in [0.15, 0.2) is 0 Å². The molecule has 0 saturated carbocycles. The summed E-state index contributed by atoms with van der Waals surface area (Å²) in [5.74, 6) is -0.0749. The van der Waals surface area contributed by atoms with Crippen LogP contribution in [0.25, 0.3) is 11.3 Å². The summed E-state index contributed by atoms with van der Waals surface area (Å²) in [6.07, 6.45) is 1.80. The molecule has 1 aliphatic heterocycles. The highest BCUT2D eigenvalue weighted by Gasteiger charge is 2.22. The first-order chi connectivity index (χ1) is 14.7. The van der Waals surface area contributed by atoms with Crippen molar-refractivity contribution < 1.29 is 9.53 Å². The first-order valence-electron chi connectivity index (χ1n) is 10.1. The third-order valence-electron chi connectivity index (χ3n) is 5.32. The molecular formula is C23H25ClN4O2. The zero-order valence-corrected chi connectivity index (χ0v) is 17.5. The maximum absolute atomic E-state index is 13.4. The molecule has 2 heterocycles. The number of nitrogens with zero attached hydrogens (tertiary/aromatic N) is 3. The molecule has 1 fully saturated rings. The minimum atomic E-state index is -0.0749. The summed E-state index contributed by atoms with van der Waals surface area (Å²) < 4.78 is 5.44. The molecule has 6 nitrogen and oxygen atoms in total. The normalized spacial score (nSPS) is 14.6. The van der Waals surface area contributed by atoms with Crippen LogP contribution < -0.4 is 0 Å². The lowest BCUT2D eigenvalue weighted by molar-refractivity contribution is 0.0320. The van der Waals surface area contributed by atoms with Crippen molar-refractivity contribution in [3.8, 4) is 11.3 Å². The lowest BCUT2D eigenvalue weighted by Gasteiger charge is -2.30. The van der Waals surface area contributed by atoms with E-state index >= 15 is 0 Å². The highest BCUT2D eigenvalue weighted by molar-refractivity contribution is 6.33. The third-order valence-corrected chi connectivity index (χ3v) is 5.65. The van der Waals surface area contributed by atoms with Crippen LogP contribution in [0, 0.1) is 0 Å². The molecule has 1 amide bonds. The van der Waals surface area contributed by atoms with Gasteiger partial charge in [-0.1, -0.05) is 54.1 Å². The van der Waals surface area contributed by atoms with Crippen LogP contribution >= 0.6 is 11.6 Å². The minimum absolute atomic E-state index is 0.0749. The second-order valence-corrected chi connectivity index (χ2v) is 7.70. The predicted octanol–water partition coefficient (Wildman–Crippen LogP) is 3.70. The van der Waals surface area contributed by atoms with E-state index in [1.54, 1.807) is 18.3 Å². The van der Waals surface area contributed by atoms with E-state index in [1.807, 2.05) is 47.4 Å². The Bertz CT molecular complexity index is 970. The van der Waals surface area contributed by atoms with Crippen molar-refractivity contribution in [2.75, 3.05) is 39.4 Å². The molecule has 0 aliphatic carbocycles. The van der Waals surface area contributed by atoms with E-state index < -0.39 is 0 Å². The van der Waals surface area contributed by atoms with Crippen molar-refractivity contribution >= 4 is 17.5 Å². The standard InChI is InChI=1S/C23H25ClN4O2/c24-21-9-5-4-8-20(21)23(29)28(11-10-27-12-14-30-15-13-27)17-19-16-25-26-22(19)18-6-2-1-3-7-18/h1-9,16H,10-15,17H2,(H,25,26). The number of carbonyl (C=O) groups excluding carboxylic acids is 1. The Labute approximate surface area is 181 Å². The summed E-state index contributed by atoms with van der Waals surface area (Å²) in [6.45, 7) is 5.08. The molecule has 2 aromatic carbocycles. The number of hydrogen-bond acceptors (Lipinski definition) is 4. The smallest absolute Gasteiger partial charge is 0.255 e. The molecule has 0 spiro atoms. The Morgan fingerprint density at radius 2 is 1.83 bits per heavy atom. The van der Waals surface area contributed by atoms with Crippen molar-refractivity contribution in [3.63, 3.8) is 0 Å². The van der Waals surface area contributed by atoms with E-state index in [-0.39, 0.29) is 5.91 Å². The molecule has 30 heavy (non-hydrogen) atoms. The molecule has 156 valence electrons. The fraction of sp³-hybridized carbons (Fsp3) is 0.304. The molecule has 4 rings (SSSR count). The molecule has 1 N–H and O–H groups in total. The van der Waals surface area contributed by atoms with Crippen LogP contribution in [0.1, 0.15) is 15.9 Å². The Kier molecular flexibility index (Phi) is 6.79. The lowest BCUT2D eigenvalue weighted by atomic mass is 10.1. The Balaban J connectivity index is 1.57. The maximum Gasteiger partial charge on any atom is 0.255 e. The highest BCUT2D eigenvalue weighted by Crippen LogP contribution is 2.24. The lowest BCUT2D eigenvalue weighted by Crippen LogP contribution is -2.43.